The van der Waals surface area contributed by atoms with E-state index in [2.05, 4.69) is 20.3 Å². The summed E-state index contributed by atoms with van der Waals surface area (Å²) in [6.45, 7) is 4.31. The van der Waals surface area contributed by atoms with Crippen molar-refractivity contribution in [1.82, 2.24) is 10.3 Å². The Morgan fingerprint density at radius 2 is 1.77 bits per heavy atom. The molecule has 1 heterocycles. The first kappa shape index (κ1) is 21.6. The third-order valence-corrected chi connectivity index (χ3v) is 6.45. The summed E-state index contributed by atoms with van der Waals surface area (Å²) >= 11 is 1.04. The number of aryl methyl sites for hydroxylation is 2. The number of anilines is 2. The largest absolute Gasteiger partial charge is 0.492 e. The molecule has 0 saturated carbocycles. The number of urea groups is 1. The first-order valence-electron chi connectivity index (χ1n) is 9.13. The Balaban J connectivity index is 1.50. The third kappa shape index (κ3) is 5.94. The number of rotatable bonds is 8. The van der Waals surface area contributed by atoms with Gasteiger partial charge in [0.1, 0.15) is 17.4 Å². The summed E-state index contributed by atoms with van der Waals surface area (Å²) in [5.74, 6) is 0.733. The zero-order valence-electron chi connectivity index (χ0n) is 16.5. The summed E-state index contributed by atoms with van der Waals surface area (Å²) in [6.07, 6.45) is 0. The number of nitrogens with one attached hydrogen (secondary N) is 3. The number of hydrogen-bond acceptors (Lipinski definition) is 6. The van der Waals surface area contributed by atoms with Gasteiger partial charge >= 0.3 is 6.03 Å². The zero-order valence-corrected chi connectivity index (χ0v) is 18.1. The molecule has 2 aromatic carbocycles. The van der Waals surface area contributed by atoms with Crippen LogP contribution in [0.3, 0.4) is 0 Å². The zero-order chi connectivity index (χ0) is 21.6. The van der Waals surface area contributed by atoms with Crippen molar-refractivity contribution in [1.29, 1.82) is 0 Å². The molecular formula is C20H22N4O4S2. The molecule has 3 N–H and O–H groups in total. The molecule has 0 saturated heterocycles. The number of carbonyl (C=O) groups excluding carboxylic acids is 1. The van der Waals surface area contributed by atoms with E-state index in [4.69, 9.17) is 4.74 Å². The highest BCUT2D eigenvalue weighted by Gasteiger charge is 2.18. The van der Waals surface area contributed by atoms with E-state index in [0.29, 0.717) is 23.8 Å². The summed E-state index contributed by atoms with van der Waals surface area (Å²) in [4.78, 5) is 16.4. The van der Waals surface area contributed by atoms with Gasteiger partial charge in [-0.25, -0.2) is 18.2 Å². The molecule has 8 nitrogen and oxygen atoms in total. The molecule has 10 heteroatoms. The maximum absolute atomic E-state index is 12.4. The van der Waals surface area contributed by atoms with Gasteiger partial charge in [0, 0.05) is 0 Å². The highest BCUT2D eigenvalue weighted by atomic mass is 32.2. The van der Waals surface area contributed by atoms with Gasteiger partial charge in [0.05, 0.1) is 17.1 Å². The lowest BCUT2D eigenvalue weighted by atomic mass is 10.2. The number of nitrogens with zero attached hydrogens (tertiary/aromatic N) is 1. The van der Waals surface area contributed by atoms with E-state index in [0.717, 1.165) is 22.6 Å². The molecule has 0 aliphatic heterocycles. The van der Waals surface area contributed by atoms with Crippen molar-refractivity contribution >= 4 is 37.5 Å². The van der Waals surface area contributed by atoms with Gasteiger partial charge in [-0.2, -0.15) is 0 Å². The van der Waals surface area contributed by atoms with Crippen LogP contribution >= 0.6 is 11.3 Å². The van der Waals surface area contributed by atoms with Crippen molar-refractivity contribution in [2.24, 2.45) is 0 Å². The van der Waals surface area contributed by atoms with Crippen molar-refractivity contribution in [2.75, 3.05) is 23.2 Å². The first-order chi connectivity index (χ1) is 14.3. The maximum atomic E-state index is 12.4. The Morgan fingerprint density at radius 1 is 1.07 bits per heavy atom. The highest BCUT2D eigenvalue weighted by molar-refractivity contribution is 7.93. The van der Waals surface area contributed by atoms with Gasteiger partial charge in [0.15, 0.2) is 5.13 Å². The van der Waals surface area contributed by atoms with E-state index in [1.54, 1.807) is 25.1 Å². The lowest BCUT2D eigenvalue weighted by molar-refractivity contribution is 0.247. The molecule has 3 aromatic rings. The van der Waals surface area contributed by atoms with Gasteiger partial charge < -0.3 is 10.1 Å². The Bertz CT molecular complexity index is 1100. The van der Waals surface area contributed by atoms with Crippen LogP contribution in [0.15, 0.2) is 59.5 Å². The molecule has 30 heavy (non-hydrogen) atoms. The van der Waals surface area contributed by atoms with Crippen LogP contribution in [-0.4, -0.2) is 32.6 Å². The summed E-state index contributed by atoms with van der Waals surface area (Å²) in [5, 5.41) is 6.00. The standard InChI is InChI=1S/C20H22N4O4S2/c1-14-8-10-16(11-9-14)28-13-12-21-19(25)23-18-15(2)22-20(29-18)24-30(26,27)17-6-4-3-5-7-17/h3-11H,12-13H2,1-2H3,(H,22,24)(H2,21,23,25). The number of carbonyl (C=O) groups is 1. The van der Waals surface area contributed by atoms with E-state index in [-0.39, 0.29) is 10.0 Å². The molecule has 0 atom stereocenters. The van der Waals surface area contributed by atoms with E-state index in [1.807, 2.05) is 31.2 Å². The fraction of sp³-hybridized carbons (Fsp3) is 0.200. The summed E-state index contributed by atoms with van der Waals surface area (Å²) < 4.78 is 32.8. The van der Waals surface area contributed by atoms with Crippen LogP contribution in [0.25, 0.3) is 0 Å². The minimum atomic E-state index is -3.74. The average Bonchev–Trinajstić information content (AvgIpc) is 3.05. The number of hydrogen-bond donors (Lipinski definition) is 3. The van der Waals surface area contributed by atoms with Crippen LogP contribution in [0.4, 0.5) is 14.9 Å². The van der Waals surface area contributed by atoms with E-state index >= 15 is 0 Å². The maximum Gasteiger partial charge on any atom is 0.320 e. The normalized spacial score (nSPS) is 11.0. The van der Waals surface area contributed by atoms with E-state index < -0.39 is 16.1 Å². The Kier molecular flexibility index (Phi) is 6.91. The molecule has 0 unspecified atom stereocenters. The number of sulfonamides is 1. The fourth-order valence-corrected chi connectivity index (χ4v) is 4.56. The fourth-order valence-electron chi connectivity index (χ4n) is 2.44. The molecule has 3 rings (SSSR count). The Labute approximate surface area is 179 Å². The molecule has 158 valence electrons. The minimum absolute atomic E-state index is 0.138. The second kappa shape index (κ2) is 9.59. The van der Waals surface area contributed by atoms with Crippen molar-refractivity contribution in [3.8, 4) is 5.75 Å². The van der Waals surface area contributed by atoms with Gasteiger partial charge in [-0.05, 0) is 38.1 Å². The van der Waals surface area contributed by atoms with Crippen LogP contribution in [0.5, 0.6) is 5.75 Å². The summed E-state index contributed by atoms with van der Waals surface area (Å²) in [5.41, 5.74) is 1.65. The van der Waals surface area contributed by atoms with Crippen LogP contribution in [0, 0.1) is 13.8 Å². The number of aromatic nitrogens is 1. The van der Waals surface area contributed by atoms with Gasteiger partial charge in [-0.3, -0.25) is 10.0 Å². The van der Waals surface area contributed by atoms with Crippen LogP contribution in [-0.2, 0) is 10.0 Å². The lowest BCUT2D eigenvalue weighted by Crippen LogP contribution is -2.32. The van der Waals surface area contributed by atoms with Crippen LogP contribution in [0.1, 0.15) is 11.3 Å². The summed E-state index contributed by atoms with van der Waals surface area (Å²) in [6, 6.07) is 15.2. The van der Waals surface area contributed by atoms with Gasteiger partial charge in [0.2, 0.25) is 0 Å². The smallest absolute Gasteiger partial charge is 0.320 e. The van der Waals surface area contributed by atoms with E-state index in [9.17, 15) is 13.2 Å². The predicted molar refractivity (Wildman–Crippen MR) is 118 cm³/mol. The van der Waals surface area contributed by atoms with E-state index in [1.165, 1.54) is 12.1 Å². The molecule has 0 spiro atoms. The lowest BCUT2D eigenvalue weighted by Gasteiger charge is -2.08. The van der Waals surface area contributed by atoms with Crippen molar-refractivity contribution < 1.29 is 17.9 Å². The molecule has 0 fully saturated rings. The number of amides is 2. The average molecular weight is 447 g/mol. The number of thiazole rings is 1. The number of ether oxygens (including phenoxy) is 1. The second-order valence-electron chi connectivity index (χ2n) is 6.39. The van der Waals surface area contributed by atoms with Crippen molar-refractivity contribution in [3.63, 3.8) is 0 Å². The van der Waals surface area contributed by atoms with Crippen molar-refractivity contribution in [2.45, 2.75) is 18.7 Å². The first-order valence-corrected chi connectivity index (χ1v) is 11.4. The molecular weight excluding hydrogens is 424 g/mol. The van der Waals surface area contributed by atoms with Crippen LogP contribution in [0.2, 0.25) is 0 Å². The Morgan fingerprint density at radius 3 is 2.47 bits per heavy atom. The molecule has 2 amide bonds. The van der Waals surface area contributed by atoms with Gasteiger partial charge in [0.25, 0.3) is 10.0 Å². The number of benzene rings is 2. The highest BCUT2D eigenvalue weighted by Crippen LogP contribution is 2.29. The summed E-state index contributed by atoms with van der Waals surface area (Å²) in [7, 11) is -3.74. The molecule has 0 aliphatic rings. The Hall–Kier alpha value is -3.11. The minimum Gasteiger partial charge on any atom is -0.492 e. The molecule has 0 aliphatic carbocycles. The SMILES string of the molecule is Cc1ccc(OCCNC(=O)Nc2sc(NS(=O)(=O)c3ccccc3)nc2C)cc1. The second-order valence-corrected chi connectivity index (χ2v) is 9.08. The van der Waals surface area contributed by atoms with Gasteiger partial charge in [-0.1, -0.05) is 47.2 Å². The molecule has 0 bridgehead atoms. The van der Waals surface area contributed by atoms with Crippen LogP contribution < -0.4 is 20.1 Å². The quantitative estimate of drug-likeness (QED) is 0.457. The van der Waals surface area contributed by atoms with Crippen molar-refractivity contribution in [3.05, 3.63) is 65.9 Å². The topological polar surface area (TPSA) is 109 Å². The monoisotopic (exact) mass is 446 g/mol. The third-order valence-electron chi connectivity index (χ3n) is 3.98. The predicted octanol–water partition coefficient (Wildman–Crippen LogP) is 3.76. The molecule has 1 aromatic heterocycles. The van der Waals surface area contributed by atoms with Gasteiger partial charge in [-0.15, -0.1) is 0 Å². The molecule has 0 radical (unpaired) electrons.